The molecule has 3 aromatic rings. The van der Waals surface area contributed by atoms with Crippen molar-refractivity contribution < 1.29 is 9.15 Å². The average molecular weight is 309 g/mol. The summed E-state index contributed by atoms with van der Waals surface area (Å²) < 4.78 is 11.6. The molecule has 0 radical (unpaired) electrons. The van der Waals surface area contributed by atoms with E-state index in [0.29, 0.717) is 0 Å². The van der Waals surface area contributed by atoms with Crippen LogP contribution in [0.4, 0.5) is 0 Å². The van der Waals surface area contributed by atoms with Gasteiger partial charge in [0.25, 0.3) is 0 Å². The molecule has 3 nitrogen and oxygen atoms in total. The van der Waals surface area contributed by atoms with Crippen molar-refractivity contribution in [1.29, 1.82) is 0 Å². The standard InChI is InChI=1S/C20H23NO2/c1-15-12-18(13-16-6-4-5-7-19(15)16)23-20(8-10-21(2)3)17-9-11-22-14-17/h4-7,9,11-14,20H,8,10H2,1-3H3. The van der Waals surface area contributed by atoms with Crippen LogP contribution >= 0.6 is 0 Å². The number of ether oxygens (including phenoxy) is 1. The Hall–Kier alpha value is -2.26. The molecule has 0 saturated carbocycles. The number of benzene rings is 2. The minimum atomic E-state index is -0.00304. The van der Waals surface area contributed by atoms with Crippen LogP contribution in [-0.4, -0.2) is 25.5 Å². The van der Waals surface area contributed by atoms with Crippen LogP contribution in [0, 0.1) is 6.92 Å². The van der Waals surface area contributed by atoms with Gasteiger partial charge in [0.1, 0.15) is 11.9 Å². The summed E-state index contributed by atoms with van der Waals surface area (Å²) in [6.07, 6.45) is 4.39. The van der Waals surface area contributed by atoms with Gasteiger partial charge in [-0.15, -0.1) is 0 Å². The lowest BCUT2D eigenvalue weighted by Gasteiger charge is -2.21. The number of hydrogen-bond acceptors (Lipinski definition) is 3. The number of furan rings is 1. The van der Waals surface area contributed by atoms with Gasteiger partial charge in [-0.2, -0.15) is 0 Å². The van der Waals surface area contributed by atoms with Crippen LogP contribution in [0.2, 0.25) is 0 Å². The third-order valence-electron chi connectivity index (χ3n) is 4.07. The first kappa shape index (κ1) is 15.6. The normalized spacial score (nSPS) is 12.7. The van der Waals surface area contributed by atoms with Gasteiger partial charge >= 0.3 is 0 Å². The highest BCUT2D eigenvalue weighted by Crippen LogP contribution is 2.30. The van der Waals surface area contributed by atoms with E-state index in [1.807, 2.05) is 6.07 Å². The zero-order valence-corrected chi connectivity index (χ0v) is 14.0. The molecule has 0 saturated heterocycles. The summed E-state index contributed by atoms with van der Waals surface area (Å²) in [6, 6.07) is 14.6. The minimum Gasteiger partial charge on any atom is -0.486 e. The Morgan fingerprint density at radius 3 is 2.70 bits per heavy atom. The molecule has 3 rings (SSSR count). The lowest BCUT2D eigenvalue weighted by atomic mass is 10.0. The van der Waals surface area contributed by atoms with Crippen molar-refractivity contribution in [2.24, 2.45) is 0 Å². The first-order valence-electron chi connectivity index (χ1n) is 7.96. The van der Waals surface area contributed by atoms with Gasteiger partial charge in [-0.25, -0.2) is 0 Å². The maximum absolute atomic E-state index is 6.31. The summed E-state index contributed by atoms with van der Waals surface area (Å²) in [4.78, 5) is 2.17. The molecule has 120 valence electrons. The topological polar surface area (TPSA) is 25.6 Å². The van der Waals surface area contributed by atoms with Crippen LogP contribution in [0.25, 0.3) is 10.8 Å². The highest BCUT2D eigenvalue weighted by Gasteiger charge is 2.16. The van der Waals surface area contributed by atoms with Crippen molar-refractivity contribution in [3.8, 4) is 5.75 Å². The lowest BCUT2D eigenvalue weighted by molar-refractivity contribution is 0.179. The van der Waals surface area contributed by atoms with Gasteiger partial charge in [0.05, 0.1) is 12.5 Å². The summed E-state index contributed by atoms with van der Waals surface area (Å²) >= 11 is 0. The third-order valence-corrected chi connectivity index (χ3v) is 4.07. The maximum atomic E-state index is 6.31. The average Bonchev–Trinajstić information content (AvgIpc) is 3.05. The van der Waals surface area contributed by atoms with Crippen LogP contribution < -0.4 is 4.74 Å². The SMILES string of the molecule is Cc1cc(OC(CCN(C)C)c2ccoc2)cc2ccccc12. The Balaban J connectivity index is 1.87. The van der Waals surface area contributed by atoms with Gasteiger partial charge in [0.2, 0.25) is 0 Å². The van der Waals surface area contributed by atoms with Crippen molar-refractivity contribution in [2.45, 2.75) is 19.4 Å². The smallest absolute Gasteiger partial charge is 0.128 e. The summed E-state index contributed by atoms with van der Waals surface area (Å²) in [7, 11) is 4.15. The molecule has 0 N–H and O–H groups in total. The van der Waals surface area contributed by atoms with E-state index >= 15 is 0 Å². The van der Waals surface area contributed by atoms with E-state index in [1.54, 1.807) is 12.5 Å². The molecule has 1 aromatic heterocycles. The second kappa shape index (κ2) is 6.88. The maximum Gasteiger partial charge on any atom is 0.128 e. The fourth-order valence-corrected chi connectivity index (χ4v) is 2.83. The van der Waals surface area contributed by atoms with Crippen LogP contribution in [0.15, 0.2) is 59.4 Å². The minimum absolute atomic E-state index is 0.00304. The molecule has 0 amide bonds. The quantitative estimate of drug-likeness (QED) is 0.653. The Morgan fingerprint density at radius 1 is 1.13 bits per heavy atom. The lowest BCUT2D eigenvalue weighted by Crippen LogP contribution is -2.18. The van der Waals surface area contributed by atoms with Crippen molar-refractivity contribution in [3.05, 3.63) is 66.1 Å². The molecule has 0 spiro atoms. The van der Waals surface area contributed by atoms with Gasteiger partial charge in [0, 0.05) is 18.5 Å². The molecule has 0 fully saturated rings. The molecule has 0 aliphatic rings. The van der Waals surface area contributed by atoms with Crippen molar-refractivity contribution >= 4 is 10.8 Å². The van der Waals surface area contributed by atoms with Gasteiger partial charge in [-0.3, -0.25) is 0 Å². The van der Waals surface area contributed by atoms with Gasteiger partial charge in [0.15, 0.2) is 0 Å². The first-order valence-corrected chi connectivity index (χ1v) is 7.96. The highest BCUT2D eigenvalue weighted by molar-refractivity contribution is 5.86. The van der Waals surface area contributed by atoms with E-state index in [0.717, 1.165) is 24.3 Å². The molecule has 2 aromatic carbocycles. The predicted molar refractivity (Wildman–Crippen MR) is 93.9 cm³/mol. The van der Waals surface area contributed by atoms with Crippen molar-refractivity contribution in [3.63, 3.8) is 0 Å². The monoisotopic (exact) mass is 309 g/mol. The third kappa shape index (κ3) is 3.74. The molecule has 0 aliphatic heterocycles. The van der Waals surface area contributed by atoms with E-state index in [2.05, 4.69) is 62.3 Å². The zero-order chi connectivity index (χ0) is 16.2. The molecular weight excluding hydrogens is 286 g/mol. The van der Waals surface area contributed by atoms with E-state index in [4.69, 9.17) is 9.15 Å². The van der Waals surface area contributed by atoms with Crippen LogP contribution in [-0.2, 0) is 0 Å². The predicted octanol–water partition coefficient (Wildman–Crippen LogP) is 4.81. The first-order chi connectivity index (χ1) is 11.1. The Bertz CT molecular complexity index is 762. The Morgan fingerprint density at radius 2 is 1.96 bits per heavy atom. The van der Waals surface area contributed by atoms with Gasteiger partial charge in [-0.1, -0.05) is 24.3 Å². The van der Waals surface area contributed by atoms with Gasteiger partial charge < -0.3 is 14.1 Å². The van der Waals surface area contributed by atoms with Gasteiger partial charge in [-0.05, 0) is 55.6 Å². The number of nitrogens with zero attached hydrogens (tertiary/aromatic N) is 1. The van der Waals surface area contributed by atoms with Crippen LogP contribution in [0.1, 0.15) is 23.7 Å². The Labute approximate surface area is 137 Å². The largest absolute Gasteiger partial charge is 0.486 e. The summed E-state index contributed by atoms with van der Waals surface area (Å²) in [6.45, 7) is 3.09. The fourth-order valence-electron chi connectivity index (χ4n) is 2.83. The molecular formula is C20H23NO2. The molecule has 1 unspecified atom stereocenters. The molecule has 3 heteroatoms. The van der Waals surface area contributed by atoms with Crippen molar-refractivity contribution in [2.75, 3.05) is 20.6 Å². The highest BCUT2D eigenvalue weighted by atomic mass is 16.5. The zero-order valence-electron chi connectivity index (χ0n) is 14.0. The molecule has 1 atom stereocenters. The number of rotatable bonds is 6. The van der Waals surface area contributed by atoms with Crippen LogP contribution in [0.3, 0.4) is 0 Å². The number of aryl methyl sites for hydroxylation is 1. The Kier molecular flexibility index (Phi) is 4.68. The van der Waals surface area contributed by atoms with Crippen molar-refractivity contribution in [1.82, 2.24) is 4.90 Å². The van der Waals surface area contributed by atoms with E-state index in [1.165, 1.54) is 16.3 Å². The summed E-state index contributed by atoms with van der Waals surface area (Å²) in [5.74, 6) is 0.908. The summed E-state index contributed by atoms with van der Waals surface area (Å²) in [5.41, 5.74) is 2.31. The summed E-state index contributed by atoms with van der Waals surface area (Å²) in [5, 5.41) is 2.48. The molecule has 0 aliphatic carbocycles. The van der Waals surface area contributed by atoms with E-state index < -0.39 is 0 Å². The second-order valence-corrected chi connectivity index (χ2v) is 6.22. The number of hydrogen-bond donors (Lipinski definition) is 0. The number of fused-ring (bicyclic) bond motifs is 1. The fraction of sp³-hybridized carbons (Fsp3) is 0.300. The van der Waals surface area contributed by atoms with Crippen LogP contribution in [0.5, 0.6) is 5.75 Å². The molecule has 23 heavy (non-hydrogen) atoms. The van der Waals surface area contributed by atoms with E-state index in [-0.39, 0.29) is 6.10 Å². The second-order valence-electron chi connectivity index (χ2n) is 6.22. The van der Waals surface area contributed by atoms with E-state index in [9.17, 15) is 0 Å². The molecule has 1 heterocycles. The molecule has 0 bridgehead atoms.